The van der Waals surface area contributed by atoms with Crippen molar-refractivity contribution in [1.29, 1.82) is 0 Å². The Hall–Kier alpha value is -2.16. The van der Waals surface area contributed by atoms with Gasteiger partial charge in [0.25, 0.3) is 5.69 Å². The molecule has 0 aliphatic heterocycles. The maximum atomic E-state index is 12.2. The molecule has 0 aliphatic rings. The molecule has 0 saturated heterocycles. The molecule has 1 heterocycles. The number of non-ortho nitro benzene ring substituents is 1. The lowest BCUT2D eigenvalue weighted by Crippen LogP contribution is -2.28. The van der Waals surface area contributed by atoms with Crippen LogP contribution in [0.4, 0.5) is 5.69 Å². The molecule has 2 aromatic carbocycles. The standard InChI is InChI=1S/C17H14ClN3O3S2/c1-10(12-4-2-3-5-13(12)18)19-16(22)9-25-17-20-14-7-6-11(21(23)24)8-15(14)26-17/h2-8,10H,9H2,1H3,(H,19,22)/t10-/m1/s1. The molecular formula is C17H14ClN3O3S2. The van der Waals surface area contributed by atoms with Gasteiger partial charge in [0.05, 0.1) is 26.9 Å². The normalized spacial score (nSPS) is 12.1. The van der Waals surface area contributed by atoms with Gasteiger partial charge in [-0.15, -0.1) is 11.3 Å². The Morgan fingerprint density at radius 1 is 1.38 bits per heavy atom. The topological polar surface area (TPSA) is 85.1 Å². The van der Waals surface area contributed by atoms with Crippen molar-refractivity contribution in [3.05, 3.63) is 63.2 Å². The largest absolute Gasteiger partial charge is 0.349 e. The number of amides is 1. The quantitative estimate of drug-likeness (QED) is 0.359. The molecule has 0 unspecified atom stereocenters. The molecule has 1 amide bonds. The highest BCUT2D eigenvalue weighted by atomic mass is 35.5. The number of halogens is 1. The van der Waals surface area contributed by atoms with Crippen molar-refractivity contribution in [1.82, 2.24) is 10.3 Å². The van der Waals surface area contributed by atoms with E-state index in [1.165, 1.54) is 35.2 Å². The Morgan fingerprint density at radius 2 is 2.15 bits per heavy atom. The van der Waals surface area contributed by atoms with Crippen LogP contribution in [0.25, 0.3) is 10.2 Å². The second-order valence-corrected chi connectivity index (χ2v) is 8.15. The highest BCUT2D eigenvalue weighted by Gasteiger charge is 2.14. The predicted molar refractivity (Wildman–Crippen MR) is 105 cm³/mol. The van der Waals surface area contributed by atoms with Crippen LogP contribution in [0, 0.1) is 10.1 Å². The van der Waals surface area contributed by atoms with Gasteiger partial charge in [0.15, 0.2) is 4.34 Å². The number of nitro groups is 1. The van der Waals surface area contributed by atoms with Gasteiger partial charge in [-0.3, -0.25) is 14.9 Å². The summed E-state index contributed by atoms with van der Waals surface area (Å²) in [6.45, 7) is 1.88. The summed E-state index contributed by atoms with van der Waals surface area (Å²) in [5, 5.41) is 14.4. The summed E-state index contributed by atoms with van der Waals surface area (Å²) >= 11 is 8.78. The highest BCUT2D eigenvalue weighted by molar-refractivity contribution is 8.01. The molecule has 1 aromatic heterocycles. The molecule has 0 saturated carbocycles. The number of nitro benzene ring substituents is 1. The summed E-state index contributed by atoms with van der Waals surface area (Å²) in [4.78, 5) is 27.0. The fraction of sp³-hybridized carbons (Fsp3) is 0.176. The molecule has 6 nitrogen and oxygen atoms in total. The first-order chi connectivity index (χ1) is 12.4. The molecule has 0 fully saturated rings. The average Bonchev–Trinajstić information content (AvgIpc) is 3.02. The number of rotatable bonds is 6. The third kappa shape index (κ3) is 4.32. The fourth-order valence-electron chi connectivity index (χ4n) is 2.38. The summed E-state index contributed by atoms with van der Waals surface area (Å²) in [5.41, 5.74) is 1.58. The summed E-state index contributed by atoms with van der Waals surface area (Å²) in [6.07, 6.45) is 0. The van der Waals surface area contributed by atoms with Crippen LogP contribution < -0.4 is 5.32 Å². The van der Waals surface area contributed by atoms with Gasteiger partial charge in [-0.05, 0) is 24.6 Å². The highest BCUT2D eigenvalue weighted by Crippen LogP contribution is 2.32. The van der Waals surface area contributed by atoms with Gasteiger partial charge in [0, 0.05) is 17.2 Å². The van der Waals surface area contributed by atoms with Gasteiger partial charge in [-0.1, -0.05) is 41.6 Å². The number of thiazole rings is 1. The van der Waals surface area contributed by atoms with E-state index < -0.39 is 4.92 Å². The third-order valence-corrected chi connectivity index (χ3v) is 6.14. The van der Waals surface area contributed by atoms with Gasteiger partial charge >= 0.3 is 0 Å². The Labute approximate surface area is 162 Å². The Bertz CT molecular complexity index is 977. The Balaban J connectivity index is 1.61. The van der Waals surface area contributed by atoms with Crippen molar-refractivity contribution in [2.75, 3.05) is 5.75 Å². The van der Waals surface area contributed by atoms with E-state index in [0.29, 0.717) is 14.9 Å². The molecule has 134 valence electrons. The van der Waals surface area contributed by atoms with E-state index in [-0.39, 0.29) is 23.4 Å². The predicted octanol–water partition coefficient (Wildman–Crippen LogP) is 4.83. The number of hydrogen-bond acceptors (Lipinski definition) is 6. The van der Waals surface area contributed by atoms with Crippen molar-refractivity contribution >= 4 is 56.5 Å². The van der Waals surface area contributed by atoms with E-state index in [1.807, 2.05) is 25.1 Å². The molecule has 9 heteroatoms. The number of benzene rings is 2. The monoisotopic (exact) mass is 407 g/mol. The van der Waals surface area contributed by atoms with Crippen LogP contribution in [-0.4, -0.2) is 21.6 Å². The first kappa shape index (κ1) is 18.6. The second kappa shape index (κ2) is 8.03. The van der Waals surface area contributed by atoms with Crippen LogP contribution in [0.15, 0.2) is 46.8 Å². The number of nitrogens with one attached hydrogen (secondary N) is 1. The van der Waals surface area contributed by atoms with Crippen LogP contribution in [0.2, 0.25) is 5.02 Å². The smallest absolute Gasteiger partial charge is 0.270 e. The minimum atomic E-state index is -0.435. The van der Waals surface area contributed by atoms with Crippen molar-refractivity contribution in [3.63, 3.8) is 0 Å². The fourth-order valence-corrected chi connectivity index (χ4v) is 4.59. The number of carbonyl (C=O) groups excluding carboxylic acids is 1. The van der Waals surface area contributed by atoms with Crippen LogP contribution >= 0.6 is 34.7 Å². The SMILES string of the molecule is C[C@@H](NC(=O)CSc1nc2ccc([N+](=O)[O-])cc2s1)c1ccccc1Cl. The molecule has 0 aliphatic carbocycles. The number of carbonyl (C=O) groups is 1. The summed E-state index contributed by atoms with van der Waals surface area (Å²) in [5.74, 6) is 0.0733. The maximum absolute atomic E-state index is 12.2. The lowest BCUT2D eigenvalue weighted by Gasteiger charge is -2.15. The lowest BCUT2D eigenvalue weighted by atomic mass is 10.1. The van der Waals surface area contributed by atoms with Crippen LogP contribution in [0.5, 0.6) is 0 Å². The molecule has 1 N–H and O–H groups in total. The van der Waals surface area contributed by atoms with E-state index >= 15 is 0 Å². The first-order valence-corrected chi connectivity index (χ1v) is 9.83. The minimum absolute atomic E-state index is 0.0315. The summed E-state index contributed by atoms with van der Waals surface area (Å²) < 4.78 is 1.42. The zero-order chi connectivity index (χ0) is 18.7. The van der Waals surface area contributed by atoms with Gasteiger partial charge in [-0.2, -0.15) is 0 Å². The zero-order valence-corrected chi connectivity index (χ0v) is 16.0. The maximum Gasteiger partial charge on any atom is 0.270 e. The van der Waals surface area contributed by atoms with E-state index in [2.05, 4.69) is 10.3 Å². The van der Waals surface area contributed by atoms with Crippen LogP contribution in [-0.2, 0) is 4.79 Å². The minimum Gasteiger partial charge on any atom is -0.349 e. The van der Waals surface area contributed by atoms with Crippen molar-refractivity contribution in [3.8, 4) is 0 Å². The van der Waals surface area contributed by atoms with Crippen LogP contribution in [0.1, 0.15) is 18.5 Å². The number of thioether (sulfide) groups is 1. The third-order valence-electron chi connectivity index (χ3n) is 3.64. The van der Waals surface area contributed by atoms with Gasteiger partial charge < -0.3 is 5.32 Å². The van der Waals surface area contributed by atoms with Gasteiger partial charge in [-0.25, -0.2) is 4.98 Å². The summed E-state index contributed by atoms with van der Waals surface area (Å²) in [7, 11) is 0. The van der Waals surface area contributed by atoms with E-state index in [4.69, 9.17) is 11.6 Å². The second-order valence-electron chi connectivity index (χ2n) is 5.49. The van der Waals surface area contributed by atoms with Gasteiger partial charge in [0.1, 0.15) is 0 Å². The first-order valence-electron chi connectivity index (χ1n) is 7.65. The number of aromatic nitrogens is 1. The Kier molecular flexibility index (Phi) is 5.75. The average molecular weight is 408 g/mol. The number of hydrogen-bond donors (Lipinski definition) is 1. The molecule has 0 bridgehead atoms. The van der Waals surface area contributed by atoms with Crippen LogP contribution in [0.3, 0.4) is 0 Å². The Morgan fingerprint density at radius 3 is 2.88 bits per heavy atom. The molecule has 0 spiro atoms. The van der Waals surface area contributed by atoms with Crippen molar-refractivity contribution in [2.24, 2.45) is 0 Å². The summed E-state index contributed by atoms with van der Waals surface area (Å²) in [6, 6.07) is 11.7. The van der Waals surface area contributed by atoms with E-state index in [9.17, 15) is 14.9 Å². The van der Waals surface area contributed by atoms with Crippen molar-refractivity contribution < 1.29 is 9.72 Å². The molecular weight excluding hydrogens is 394 g/mol. The van der Waals surface area contributed by atoms with E-state index in [1.54, 1.807) is 12.1 Å². The molecule has 26 heavy (non-hydrogen) atoms. The zero-order valence-electron chi connectivity index (χ0n) is 13.6. The number of fused-ring (bicyclic) bond motifs is 1. The molecule has 1 atom stereocenters. The van der Waals surface area contributed by atoms with E-state index in [0.717, 1.165) is 10.3 Å². The van der Waals surface area contributed by atoms with Crippen molar-refractivity contribution in [2.45, 2.75) is 17.3 Å². The van der Waals surface area contributed by atoms with Gasteiger partial charge in [0.2, 0.25) is 5.91 Å². The number of nitrogens with zero attached hydrogens (tertiary/aromatic N) is 2. The molecule has 3 rings (SSSR count). The lowest BCUT2D eigenvalue weighted by molar-refractivity contribution is -0.384. The molecule has 3 aromatic rings. The molecule has 0 radical (unpaired) electrons.